The van der Waals surface area contributed by atoms with Gasteiger partial charge in [0.25, 0.3) is 5.91 Å². The van der Waals surface area contributed by atoms with E-state index in [-0.39, 0.29) is 11.7 Å². The number of nitrogens with one attached hydrogen (secondary N) is 1. The molecule has 1 amide bonds. The normalized spacial score (nSPS) is 10.9. The summed E-state index contributed by atoms with van der Waals surface area (Å²) in [6, 6.07) is 23.3. The number of rotatable bonds is 5. The lowest BCUT2D eigenvalue weighted by atomic mass is 10.2. The molecule has 2 aromatic heterocycles. The van der Waals surface area contributed by atoms with Gasteiger partial charge in [-0.15, -0.1) is 0 Å². The Kier molecular flexibility index (Phi) is 5.13. The highest BCUT2D eigenvalue weighted by molar-refractivity contribution is 6.30. The summed E-state index contributed by atoms with van der Waals surface area (Å²) in [4.78, 5) is 17.2. The van der Waals surface area contributed by atoms with Crippen molar-refractivity contribution in [2.45, 2.75) is 0 Å². The molecule has 0 saturated carbocycles. The number of methoxy groups -OCH3 is 1. The van der Waals surface area contributed by atoms with Gasteiger partial charge in [-0.25, -0.2) is 4.98 Å². The predicted octanol–water partition coefficient (Wildman–Crippen LogP) is 6.67. The molecule has 32 heavy (non-hydrogen) atoms. The molecule has 2 heterocycles. The lowest BCUT2D eigenvalue weighted by molar-refractivity contribution is 0.0997. The third-order valence-electron chi connectivity index (χ3n) is 4.92. The first kappa shape index (κ1) is 19.9. The minimum absolute atomic E-state index is 0.194. The van der Waals surface area contributed by atoms with Gasteiger partial charge in [-0.05, 0) is 66.7 Å². The molecule has 3 aromatic carbocycles. The number of oxazole rings is 1. The van der Waals surface area contributed by atoms with Crippen molar-refractivity contribution in [1.82, 2.24) is 4.98 Å². The van der Waals surface area contributed by atoms with E-state index >= 15 is 0 Å². The highest BCUT2D eigenvalue weighted by Crippen LogP contribution is 2.28. The largest absolute Gasteiger partial charge is 0.497 e. The maximum Gasteiger partial charge on any atom is 0.291 e. The van der Waals surface area contributed by atoms with E-state index in [2.05, 4.69) is 10.3 Å². The molecule has 0 radical (unpaired) electrons. The monoisotopic (exact) mass is 444 g/mol. The summed E-state index contributed by atoms with van der Waals surface area (Å²) >= 11 is 6.03. The number of hydrogen-bond donors (Lipinski definition) is 1. The number of benzene rings is 3. The number of halogens is 1. The molecule has 0 saturated heterocycles. The average Bonchev–Trinajstić information content (AvgIpc) is 3.46. The smallest absolute Gasteiger partial charge is 0.291 e. The Morgan fingerprint density at radius 1 is 0.938 bits per heavy atom. The Balaban J connectivity index is 1.35. The van der Waals surface area contributed by atoms with Crippen LogP contribution in [-0.4, -0.2) is 18.0 Å². The highest BCUT2D eigenvalue weighted by Gasteiger charge is 2.14. The Bertz CT molecular complexity index is 1420. The third kappa shape index (κ3) is 3.96. The Morgan fingerprint density at radius 3 is 2.56 bits per heavy atom. The van der Waals surface area contributed by atoms with E-state index in [4.69, 9.17) is 25.2 Å². The number of fused-ring (bicyclic) bond motifs is 1. The van der Waals surface area contributed by atoms with Gasteiger partial charge in [-0.1, -0.05) is 23.7 Å². The summed E-state index contributed by atoms with van der Waals surface area (Å²) in [5.74, 6) is 1.64. The minimum Gasteiger partial charge on any atom is -0.497 e. The van der Waals surface area contributed by atoms with E-state index in [9.17, 15) is 4.79 Å². The molecule has 0 aliphatic carbocycles. The summed E-state index contributed by atoms with van der Waals surface area (Å²) in [6.45, 7) is 0. The second kappa shape index (κ2) is 8.24. The molecule has 0 aliphatic heterocycles. The van der Waals surface area contributed by atoms with Crippen molar-refractivity contribution in [1.29, 1.82) is 0 Å². The van der Waals surface area contributed by atoms with Crippen LogP contribution in [0.4, 0.5) is 5.69 Å². The van der Waals surface area contributed by atoms with Crippen molar-refractivity contribution >= 4 is 34.3 Å². The van der Waals surface area contributed by atoms with Crippen LogP contribution < -0.4 is 10.1 Å². The summed E-state index contributed by atoms with van der Waals surface area (Å²) in [7, 11) is 1.62. The SMILES string of the molecule is COc1ccc(-c2nc3cc(NC(=O)c4ccc(-c5cccc(Cl)c5)o4)ccc3o2)cc1. The molecular formula is C25H17ClN2O4. The first-order valence-corrected chi connectivity index (χ1v) is 10.2. The van der Waals surface area contributed by atoms with Gasteiger partial charge in [0.05, 0.1) is 7.11 Å². The zero-order valence-corrected chi connectivity index (χ0v) is 17.7. The number of hydrogen-bond acceptors (Lipinski definition) is 5. The van der Waals surface area contributed by atoms with Crippen LogP contribution >= 0.6 is 11.6 Å². The van der Waals surface area contributed by atoms with Crippen LogP contribution in [0.3, 0.4) is 0 Å². The first-order chi connectivity index (χ1) is 15.6. The Morgan fingerprint density at radius 2 is 1.78 bits per heavy atom. The van der Waals surface area contributed by atoms with Crippen molar-refractivity contribution in [3.63, 3.8) is 0 Å². The van der Waals surface area contributed by atoms with E-state index in [1.807, 2.05) is 36.4 Å². The van der Waals surface area contributed by atoms with Crippen LogP contribution in [0, 0.1) is 0 Å². The highest BCUT2D eigenvalue weighted by atomic mass is 35.5. The molecule has 7 heteroatoms. The zero-order valence-electron chi connectivity index (χ0n) is 17.0. The molecule has 5 rings (SSSR count). The van der Waals surface area contributed by atoms with Gasteiger partial charge >= 0.3 is 0 Å². The third-order valence-corrected chi connectivity index (χ3v) is 5.16. The standard InChI is InChI=1S/C25H17ClN2O4/c1-30-19-8-5-15(6-9-19)25-28-20-14-18(7-10-22(20)32-25)27-24(29)23-12-11-21(31-23)16-3-2-4-17(26)13-16/h2-14H,1H3,(H,27,29). The lowest BCUT2D eigenvalue weighted by Gasteiger charge is -2.03. The fourth-order valence-corrected chi connectivity index (χ4v) is 3.50. The minimum atomic E-state index is -0.364. The molecule has 0 spiro atoms. The van der Waals surface area contributed by atoms with E-state index in [0.717, 1.165) is 16.9 Å². The van der Waals surface area contributed by atoms with E-state index < -0.39 is 0 Å². The van der Waals surface area contributed by atoms with Gasteiger partial charge < -0.3 is 18.9 Å². The maximum atomic E-state index is 12.7. The van der Waals surface area contributed by atoms with Crippen LogP contribution in [0.1, 0.15) is 10.6 Å². The predicted molar refractivity (Wildman–Crippen MR) is 123 cm³/mol. The van der Waals surface area contributed by atoms with Gasteiger partial charge in [-0.3, -0.25) is 4.79 Å². The van der Waals surface area contributed by atoms with Crippen LogP contribution in [0.2, 0.25) is 5.02 Å². The Labute approximate surface area is 188 Å². The number of ether oxygens (including phenoxy) is 1. The summed E-state index contributed by atoms with van der Waals surface area (Å²) in [5.41, 5.74) is 3.46. The average molecular weight is 445 g/mol. The number of aromatic nitrogens is 1. The Hall–Kier alpha value is -4.03. The molecule has 158 valence electrons. The van der Waals surface area contributed by atoms with Gasteiger partial charge in [-0.2, -0.15) is 0 Å². The van der Waals surface area contributed by atoms with E-state index in [1.165, 1.54) is 0 Å². The second-order valence-electron chi connectivity index (χ2n) is 7.06. The fourth-order valence-electron chi connectivity index (χ4n) is 3.31. The maximum absolute atomic E-state index is 12.7. The van der Waals surface area contributed by atoms with Crippen molar-refractivity contribution in [2.75, 3.05) is 12.4 Å². The second-order valence-corrected chi connectivity index (χ2v) is 7.49. The molecule has 0 unspecified atom stereocenters. The molecule has 1 N–H and O–H groups in total. The molecule has 6 nitrogen and oxygen atoms in total. The lowest BCUT2D eigenvalue weighted by Crippen LogP contribution is -2.10. The van der Waals surface area contributed by atoms with Crippen molar-refractivity contribution < 1.29 is 18.4 Å². The van der Waals surface area contributed by atoms with Gasteiger partial charge in [0.1, 0.15) is 17.0 Å². The number of anilines is 1. The molecule has 0 fully saturated rings. The zero-order chi connectivity index (χ0) is 22.1. The molecular weight excluding hydrogens is 428 g/mol. The van der Waals surface area contributed by atoms with Crippen LogP contribution in [0.15, 0.2) is 87.7 Å². The summed E-state index contributed by atoms with van der Waals surface area (Å²) in [6.07, 6.45) is 0. The van der Waals surface area contributed by atoms with E-state index in [0.29, 0.717) is 33.5 Å². The summed E-state index contributed by atoms with van der Waals surface area (Å²) < 4.78 is 16.7. The van der Waals surface area contributed by atoms with E-state index in [1.54, 1.807) is 49.6 Å². The molecule has 5 aromatic rings. The first-order valence-electron chi connectivity index (χ1n) is 9.81. The van der Waals surface area contributed by atoms with Gasteiger partial charge in [0, 0.05) is 21.8 Å². The number of furan rings is 1. The quantitative estimate of drug-likeness (QED) is 0.327. The number of carbonyl (C=O) groups is 1. The molecule has 0 bridgehead atoms. The van der Waals surface area contributed by atoms with Crippen LogP contribution in [-0.2, 0) is 0 Å². The van der Waals surface area contributed by atoms with Crippen molar-refractivity contribution in [3.05, 3.63) is 89.6 Å². The summed E-state index contributed by atoms with van der Waals surface area (Å²) in [5, 5.41) is 3.43. The topological polar surface area (TPSA) is 77.5 Å². The van der Waals surface area contributed by atoms with Gasteiger partial charge in [0.15, 0.2) is 11.3 Å². The molecule has 0 aliphatic rings. The van der Waals surface area contributed by atoms with Crippen LogP contribution in [0.25, 0.3) is 33.9 Å². The van der Waals surface area contributed by atoms with Crippen molar-refractivity contribution in [3.8, 4) is 28.5 Å². The number of carbonyl (C=O) groups excluding carboxylic acids is 1. The number of amides is 1. The molecule has 0 atom stereocenters. The van der Waals surface area contributed by atoms with Crippen LogP contribution in [0.5, 0.6) is 5.75 Å². The number of nitrogens with zero attached hydrogens (tertiary/aromatic N) is 1. The van der Waals surface area contributed by atoms with Crippen molar-refractivity contribution in [2.24, 2.45) is 0 Å². The fraction of sp³-hybridized carbons (Fsp3) is 0.0400. The van der Waals surface area contributed by atoms with Gasteiger partial charge in [0.2, 0.25) is 5.89 Å².